The molecule has 0 aliphatic carbocycles. The summed E-state index contributed by atoms with van der Waals surface area (Å²) in [5, 5.41) is 3.13. The average Bonchev–Trinajstić information content (AvgIpc) is 2.87. The fourth-order valence-corrected chi connectivity index (χ4v) is 6.04. The molecule has 0 radical (unpaired) electrons. The zero-order valence-electron chi connectivity index (χ0n) is 21.7. The van der Waals surface area contributed by atoms with Gasteiger partial charge in [-0.3, -0.25) is 13.9 Å². The third kappa shape index (κ3) is 6.95. The van der Waals surface area contributed by atoms with E-state index in [0.717, 1.165) is 19.9 Å². The number of rotatable bonds is 10. The van der Waals surface area contributed by atoms with E-state index in [1.165, 1.54) is 17.0 Å². The van der Waals surface area contributed by atoms with E-state index in [9.17, 15) is 18.0 Å². The van der Waals surface area contributed by atoms with Crippen LogP contribution in [0.25, 0.3) is 0 Å². The highest BCUT2D eigenvalue weighted by Crippen LogP contribution is 2.31. The number of aryl methyl sites for hydroxylation is 1. The van der Waals surface area contributed by atoms with Crippen LogP contribution in [0.4, 0.5) is 5.69 Å². The Kier molecular flexibility index (Phi) is 9.98. The summed E-state index contributed by atoms with van der Waals surface area (Å²) in [6.45, 7) is 6.99. The predicted molar refractivity (Wildman–Crippen MR) is 155 cm³/mol. The highest BCUT2D eigenvalue weighted by Gasteiger charge is 2.33. The lowest BCUT2D eigenvalue weighted by molar-refractivity contribution is -0.139. The molecule has 0 aromatic heterocycles. The Morgan fingerprint density at radius 2 is 1.68 bits per heavy atom. The summed E-state index contributed by atoms with van der Waals surface area (Å²) in [7, 11) is -4.16. The zero-order valence-corrected chi connectivity index (χ0v) is 24.9. The van der Waals surface area contributed by atoms with E-state index < -0.39 is 28.5 Å². The maximum absolute atomic E-state index is 13.9. The smallest absolute Gasteiger partial charge is 0.264 e. The third-order valence-electron chi connectivity index (χ3n) is 6.16. The topological polar surface area (TPSA) is 86.8 Å². The van der Waals surface area contributed by atoms with Crippen LogP contribution in [0.5, 0.6) is 0 Å². The summed E-state index contributed by atoms with van der Waals surface area (Å²) in [4.78, 5) is 28.1. The van der Waals surface area contributed by atoms with Crippen molar-refractivity contribution < 1.29 is 18.0 Å². The number of anilines is 1. The number of hydrogen-bond donors (Lipinski definition) is 1. The molecular formula is C28H31BrClN3O4S. The Morgan fingerprint density at radius 3 is 2.32 bits per heavy atom. The molecule has 3 rings (SSSR count). The first-order valence-corrected chi connectivity index (χ1v) is 14.7. The molecule has 1 atom stereocenters. The Hall–Kier alpha value is -2.88. The van der Waals surface area contributed by atoms with Crippen LogP contribution >= 0.6 is 27.5 Å². The van der Waals surface area contributed by atoms with Gasteiger partial charge in [0, 0.05) is 22.6 Å². The monoisotopic (exact) mass is 619 g/mol. The third-order valence-corrected chi connectivity index (χ3v) is 8.83. The van der Waals surface area contributed by atoms with Crippen LogP contribution in [0, 0.1) is 13.8 Å². The van der Waals surface area contributed by atoms with Crippen LogP contribution in [0.15, 0.2) is 76.1 Å². The Balaban J connectivity index is 2.08. The van der Waals surface area contributed by atoms with Gasteiger partial charge in [0.05, 0.1) is 10.6 Å². The van der Waals surface area contributed by atoms with Crippen LogP contribution < -0.4 is 9.62 Å². The van der Waals surface area contributed by atoms with Gasteiger partial charge in [0.25, 0.3) is 10.0 Å². The minimum Gasteiger partial charge on any atom is -0.355 e. The summed E-state index contributed by atoms with van der Waals surface area (Å²) in [5.41, 5.74) is 2.50. The molecule has 0 unspecified atom stereocenters. The van der Waals surface area contributed by atoms with E-state index in [4.69, 9.17) is 11.6 Å². The molecule has 1 N–H and O–H groups in total. The van der Waals surface area contributed by atoms with Crippen molar-refractivity contribution in [2.45, 2.75) is 45.2 Å². The van der Waals surface area contributed by atoms with Gasteiger partial charge in [-0.25, -0.2) is 8.42 Å². The molecule has 0 aliphatic heterocycles. The zero-order chi connectivity index (χ0) is 28.0. The van der Waals surface area contributed by atoms with Crippen LogP contribution in [0.1, 0.15) is 30.5 Å². The summed E-state index contributed by atoms with van der Waals surface area (Å²) in [6.07, 6.45) is 0. The molecule has 7 nitrogen and oxygen atoms in total. The second-order valence-electron chi connectivity index (χ2n) is 8.93. The fraction of sp³-hybridized carbons (Fsp3) is 0.286. The van der Waals surface area contributed by atoms with Gasteiger partial charge in [0.2, 0.25) is 11.8 Å². The maximum Gasteiger partial charge on any atom is 0.264 e. The number of halogens is 2. The van der Waals surface area contributed by atoms with Gasteiger partial charge in [-0.1, -0.05) is 63.4 Å². The van der Waals surface area contributed by atoms with Crippen molar-refractivity contribution in [1.82, 2.24) is 10.2 Å². The van der Waals surface area contributed by atoms with Crippen molar-refractivity contribution >= 4 is 55.1 Å². The predicted octanol–water partition coefficient (Wildman–Crippen LogP) is 5.47. The SMILES string of the molecule is CCNC(=O)[C@@H](C)N(Cc1cccc(Br)c1)C(=O)CN(c1cccc(Cl)c1C)S(=O)(=O)c1ccc(C)cc1. The van der Waals surface area contributed by atoms with Gasteiger partial charge in [0.15, 0.2) is 0 Å². The number of carbonyl (C=O) groups excluding carboxylic acids is 2. The van der Waals surface area contributed by atoms with Crippen LogP contribution in [0.3, 0.4) is 0 Å². The number of sulfonamides is 1. The largest absolute Gasteiger partial charge is 0.355 e. The number of likely N-dealkylation sites (N-methyl/N-ethyl adjacent to an activating group) is 1. The molecule has 0 saturated heterocycles. The molecule has 3 aromatic carbocycles. The molecule has 0 spiro atoms. The highest BCUT2D eigenvalue weighted by atomic mass is 79.9. The van der Waals surface area contributed by atoms with E-state index in [1.807, 2.05) is 31.2 Å². The van der Waals surface area contributed by atoms with Gasteiger partial charge in [-0.2, -0.15) is 0 Å². The van der Waals surface area contributed by atoms with Crippen LogP contribution in [-0.4, -0.2) is 44.3 Å². The van der Waals surface area contributed by atoms with Crippen molar-refractivity contribution in [2.24, 2.45) is 0 Å². The Labute approximate surface area is 238 Å². The number of hydrogen-bond acceptors (Lipinski definition) is 4. The van der Waals surface area contributed by atoms with E-state index in [0.29, 0.717) is 22.8 Å². The summed E-state index contributed by atoms with van der Waals surface area (Å²) in [6, 6.07) is 17.9. The van der Waals surface area contributed by atoms with Crippen molar-refractivity contribution in [2.75, 3.05) is 17.4 Å². The summed E-state index contributed by atoms with van der Waals surface area (Å²) in [5.74, 6) is -0.860. The number of amides is 2. The average molecular weight is 621 g/mol. The first-order chi connectivity index (χ1) is 17.9. The Morgan fingerprint density at radius 1 is 1.03 bits per heavy atom. The van der Waals surface area contributed by atoms with Gasteiger partial charge >= 0.3 is 0 Å². The second kappa shape index (κ2) is 12.8. The maximum atomic E-state index is 13.9. The number of nitrogens with zero attached hydrogens (tertiary/aromatic N) is 2. The lowest BCUT2D eigenvalue weighted by Gasteiger charge is -2.32. The minimum absolute atomic E-state index is 0.0468. The molecule has 0 saturated carbocycles. The van der Waals surface area contributed by atoms with Crippen molar-refractivity contribution in [3.63, 3.8) is 0 Å². The van der Waals surface area contributed by atoms with E-state index in [2.05, 4.69) is 21.2 Å². The first-order valence-electron chi connectivity index (χ1n) is 12.1. The fourth-order valence-electron chi connectivity index (χ4n) is 3.95. The molecule has 3 aromatic rings. The van der Waals surface area contributed by atoms with Crippen molar-refractivity contribution in [3.8, 4) is 0 Å². The normalized spacial score (nSPS) is 12.1. The number of benzene rings is 3. The van der Waals surface area contributed by atoms with Crippen LogP contribution in [0.2, 0.25) is 5.02 Å². The number of carbonyl (C=O) groups is 2. The van der Waals surface area contributed by atoms with Crippen molar-refractivity contribution in [3.05, 3.63) is 92.9 Å². The number of nitrogens with one attached hydrogen (secondary N) is 1. The summed E-state index contributed by atoms with van der Waals surface area (Å²) < 4.78 is 29.7. The molecule has 0 aliphatic rings. The molecule has 202 valence electrons. The van der Waals surface area contributed by atoms with E-state index in [1.54, 1.807) is 51.1 Å². The van der Waals surface area contributed by atoms with Crippen LogP contribution in [-0.2, 0) is 26.2 Å². The molecular weight excluding hydrogens is 590 g/mol. The standard InChI is InChI=1S/C28H31BrClN3O4S/c1-5-31-28(35)21(4)32(17-22-8-6-9-23(29)16-22)27(34)18-33(26-11-7-10-25(30)20(26)3)38(36,37)24-14-12-19(2)13-15-24/h6-16,21H,5,17-18H2,1-4H3,(H,31,35)/t21-/m1/s1. The van der Waals surface area contributed by atoms with E-state index >= 15 is 0 Å². The lowest BCUT2D eigenvalue weighted by Crippen LogP contribution is -2.51. The Bertz CT molecular complexity index is 1410. The van der Waals surface area contributed by atoms with Gasteiger partial charge in [-0.15, -0.1) is 0 Å². The first kappa shape index (κ1) is 29.7. The van der Waals surface area contributed by atoms with Crippen molar-refractivity contribution in [1.29, 1.82) is 0 Å². The molecule has 0 heterocycles. The molecule has 10 heteroatoms. The minimum atomic E-state index is -4.16. The molecule has 38 heavy (non-hydrogen) atoms. The summed E-state index contributed by atoms with van der Waals surface area (Å²) >= 11 is 9.79. The second-order valence-corrected chi connectivity index (χ2v) is 12.1. The highest BCUT2D eigenvalue weighted by molar-refractivity contribution is 9.10. The lowest BCUT2D eigenvalue weighted by atomic mass is 10.1. The van der Waals surface area contributed by atoms with E-state index in [-0.39, 0.29) is 17.3 Å². The molecule has 2 amide bonds. The van der Waals surface area contributed by atoms with Gasteiger partial charge in [-0.05, 0) is 75.2 Å². The molecule has 0 bridgehead atoms. The van der Waals surface area contributed by atoms with Gasteiger partial charge < -0.3 is 10.2 Å². The van der Waals surface area contributed by atoms with Gasteiger partial charge in [0.1, 0.15) is 12.6 Å². The quantitative estimate of drug-likeness (QED) is 0.326. The molecule has 0 fully saturated rings.